The van der Waals surface area contributed by atoms with Crippen LogP contribution >= 0.6 is 0 Å². The Kier molecular flexibility index (Phi) is 4.79. The molecule has 1 fully saturated rings. The molecule has 2 atom stereocenters. The summed E-state index contributed by atoms with van der Waals surface area (Å²) in [5.41, 5.74) is 2.03. The number of esters is 1. The van der Waals surface area contributed by atoms with E-state index in [9.17, 15) is 14.4 Å². The molecule has 5 heteroatoms. The summed E-state index contributed by atoms with van der Waals surface area (Å²) in [5.74, 6) is -1.19. The summed E-state index contributed by atoms with van der Waals surface area (Å²) in [4.78, 5) is 37.7. The summed E-state index contributed by atoms with van der Waals surface area (Å²) in [6.45, 7) is 2.29. The Morgan fingerprint density at radius 2 is 1.83 bits per heavy atom. The van der Waals surface area contributed by atoms with Crippen LogP contribution in [0.2, 0.25) is 0 Å². The Labute approximate surface area is 141 Å². The second-order valence-electron chi connectivity index (χ2n) is 6.38. The van der Waals surface area contributed by atoms with Gasteiger partial charge in [-0.2, -0.15) is 0 Å². The molecule has 0 unspecified atom stereocenters. The van der Waals surface area contributed by atoms with Crippen LogP contribution < -0.4 is 0 Å². The van der Waals surface area contributed by atoms with E-state index in [0.717, 1.165) is 11.1 Å². The predicted molar refractivity (Wildman–Crippen MR) is 87.7 cm³/mol. The van der Waals surface area contributed by atoms with Crippen LogP contribution in [-0.4, -0.2) is 29.2 Å². The molecule has 0 aromatic heterocycles. The van der Waals surface area contributed by atoms with Crippen molar-refractivity contribution in [2.75, 3.05) is 6.54 Å². The number of likely N-dealkylation sites (tertiary alicyclic amines) is 1. The molecule has 0 N–H and O–H groups in total. The number of allylic oxidation sites excluding steroid dienone is 2. The number of amides is 2. The number of benzene rings is 1. The molecule has 3 rings (SSSR count). The highest BCUT2D eigenvalue weighted by Gasteiger charge is 2.46. The minimum absolute atomic E-state index is 0.0379. The average Bonchev–Trinajstić information content (AvgIpc) is 2.83. The van der Waals surface area contributed by atoms with Crippen LogP contribution in [-0.2, 0) is 25.7 Å². The molecule has 1 heterocycles. The van der Waals surface area contributed by atoms with Gasteiger partial charge in [-0.05, 0) is 25.3 Å². The molecule has 5 nitrogen and oxygen atoms in total. The average molecular weight is 327 g/mol. The van der Waals surface area contributed by atoms with Crippen LogP contribution in [0.15, 0.2) is 36.4 Å². The van der Waals surface area contributed by atoms with E-state index >= 15 is 0 Å². The molecule has 1 aliphatic heterocycles. The second-order valence-corrected chi connectivity index (χ2v) is 6.38. The van der Waals surface area contributed by atoms with Crippen molar-refractivity contribution in [3.05, 3.63) is 47.5 Å². The van der Waals surface area contributed by atoms with E-state index in [1.165, 1.54) is 4.90 Å². The molecular weight excluding hydrogens is 306 g/mol. The van der Waals surface area contributed by atoms with E-state index in [0.29, 0.717) is 12.8 Å². The van der Waals surface area contributed by atoms with Gasteiger partial charge in [-0.3, -0.25) is 19.3 Å². The van der Waals surface area contributed by atoms with E-state index in [2.05, 4.69) is 0 Å². The van der Waals surface area contributed by atoms with Gasteiger partial charge in [0.25, 0.3) is 0 Å². The minimum atomic E-state index is -0.398. The third-order valence-corrected chi connectivity index (χ3v) is 4.62. The third kappa shape index (κ3) is 3.40. The molecule has 0 radical (unpaired) electrons. The van der Waals surface area contributed by atoms with Crippen molar-refractivity contribution in [2.45, 2.75) is 32.8 Å². The summed E-state index contributed by atoms with van der Waals surface area (Å²) in [6, 6.07) is 7.74. The van der Waals surface area contributed by atoms with E-state index in [1.807, 2.05) is 43.3 Å². The Balaban J connectivity index is 1.49. The van der Waals surface area contributed by atoms with Crippen LogP contribution in [0.1, 0.15) is 30.4 Å². The van der Waals surface area contributed by atoms with Crippen LogP contribution in [0, 0.1) is 18.8 Å². The maximum absolute atomic E-state index is 12.3. The van der Waals surface area contributed by atoms with Gasteiger partial charge in [0.2, 0.25) is 11.8 Å². The smallest absolute Gasteiger partial charge is 0.307 e. The molecule has 126 valence electrons. The van der Waals surface area contributed by atoms with E-state index in [-0.39, 0.29) is 43.2 Å². The first-order valence-corrected chi connectivity index (χ1v) is 8.27. The molecular formula is C19H21NO4. The summed E-state index contributed by atoms with van der Waals surface area (Å²) in [6.07, 6.45) is 5.17. The molecule has 0 spiro atoms. The van der Waals surface area contributed by atoms with Gasteiger partial charge in [-0.25, -0.2) is 0 Å². The number of carbonyl (C=O) groups excluding carboxylic acids is 3. The number of ether oxygens (including phenoxy) is 1. The molecule has 1 aliphatic carbocycles. The van der Waals surface area contributed by atoms with E-state index in [4.69, 9.17) is 4.74 Å². The van der Waals surface area contributed by atoms with Crippen molar-refractivity contribution in [3.63, 3.8) is 0 Å². The van der Waals surface area contributed by atoms with Gasteiger partial charge in [0.15, 0.2) is 0 Å². The number of fused-ring (bicyclic) bond motifs is 1. The van der Waals surface area contributed by atoms with Gasteiger partial charge in [0.05, 0.1) is 18.3 Å². The van der Waals surface area contributed by atoms with Gasteiger partial charge in [-0.15, -0.1) is 0 Å². The molecule has 0 bridgehead atoms. The maximum Gasteiger partial charge on any atom is 0.307 e. The number of imide groups is 1. The Morgan fingerprint density at radius 3 is 2.46 bits per heavy atom. The summed E-state index contributed by atoms with van der Waals surface area (Å²) >= 11 is 0. The van der Waals surface area contributed by atoms with Crippen molar-refractivity contribution in [1.82, 2.24) is 4.90 Å². The van der Waals surface area contributed by atoms with Crippen LogP contribution in [0.5, 0.6) is 0 Å². The first-order chi connectivity index (χ1) is 11.6. The second kappa shape index (κ2) is 6.99. The Bertz CT molecular complexity index is 668. The van der Waals surface area contributed by atoms with Crippen molar-refractivity contribution in [3.8, 4) is 0 Å². The minimum Gasteiger partial charge on any atom is -0.461 e. The summed E-state index contributed by atoms with van der Waals surface area (Å²) < 4.78 is 5.23. The Morgan fingerprint density at radius 1 is 1.17 bits per heavy atom. The topological polar surface area (TPSA) is 63.7 Å². The lowest BCUT2D eigenvalue weighted by Gasteiger charge is -2.14. The number of nitrogens with zero attached hydrogens (tertiary/aromatic N) is 1. The van der Waals surface area contributed by atoms with Gasteiger partial charge < -0.3 is 4.74 Å². The lowest BCUT2D eigenvalue weighted by molar-refractivity contribution is -0.146. The SMILES string of the molecule is Cc1cccc(COC(=O)CCN2C(=O)[C@H]3CC=CC[C@H]3C2=O)c1. The van der Waals surface area contributed by atoms with Gasteiger partial charge in [0.1, 0.15) is 6.61 Å². The lowest BCUT2D eigenvalue weighted by atomic mass is 9.85. The van der Waals surface area contributed by atoms with Crippen LogP contribution in [0.25, 0.3) is 0 Å². The number of carbonyl (C=O) groups is 3. The molecule has 1 aromatic carbocycles. The quantitative estimate of drug-likeness (QED) is 0.473. The first-order valence-electron chi connectivity index (χ1n) is 8.27. The zero-order chi connectivity index (χ0) is 17.1. The lowest BCUT2D eigenvalue weighted by Crippen LogP contribution is -2.33. The standard InChI is InChI=1S/C19H21NO4/c1-13-5-4-6-14(11-13)12-24-17(21)9-10-20-18(22)15-7-2-3-8-16(15)19(20)23/h2-6,11,15-16H,7-10,12H2,1H3/t15-,16+. The summed E-state index contributed by atoms with van der Waals surface area (Å²) in [7, 11) is 0. The highest BCUT2D eigenvalue weighted by atomic mass is 16.5. The fourth-order valence-corrected chi connectivity index (χ4v) is 3.33. The Hall–Kier alpha value is -2.43. The van der Waals surface area contributed by atoms with Crippen LogP contribution in [0.4, 0.5) is 0 Å². The molecule has 24 heavy (non-hydrogen) atoms. The molecule has 2 aliphatic rings. The summed E-state index contributed by atoms with van der Waals surface area (Å²) in [5, 5.41) is 0. The number of rotatable bonds is 5. The fourth-order valence-electron chi connectivity index (χ4n) is 3.33. The zero-order valence-electron chi connectivity index (χ0n) is 13.7. The van der Waals surface area contributed by atoms with Crippen molar-refractivity contribution in [1.29, 1.82) is 0 Å². The predicted octanol–water partition coefficient (Wildman–Crippen LogP) is 2.38. The fraction of sp³-hybridized carbons (Fsp3) is 0.421. The van der Waals surface area contributed by atoms with Crippen molar-refractivity contribution in [2.24, 2.45) is 11.8 Å². The normalized spacial score (nSPS) is 22.6. The number of hydrogen-bond donors (Lipinski definition) is 0. The number of aryl methyl sites for hydroxylation is 1. The number of hydrogen-bond acceptors (Lipinski definition) is 4. The van der Waals surface area contributed by atoms with Crippen LogP contribution in [0.3, 0.4) is 0 Å². The third-order valence-electron chi connectivity index (χ3n) is 4.62. The van der Waals surface area contributed by atoms with Crippen molar-refractivity contribution < 1.29 is 19.1 Å². The molecule has 1 saturated heterocycles. The monoisotopic (exact) mass is 327 g/mol. The van der Waals surface area contributed by atoms with E-state index in [1.54, 1.807) is 0 Å². The van der Waals surface area contributed by atoms with Crippen molar-refractivity contribution >= 4 is 17.8 Å². The van der Waals surface area contributed by atoms with Gasteiger partial charge in [0, 0.05) is 6.54 Å². The molecule has 2 amide bonds. The highest BCUT2D eigenvalue weighted by Crippen LogP contribution is 2.34. The largest absolute Gasteiger partial charge is 0.461 e. The highest BCUT2D eigenvalue weighted by molar-refractivity contribution is 6.05. The maximum atomic E-state index is 12.3. The first kappa shape index (κ1) is 16.4. The molecule has 0 saturated carbocycles. The van der Waals surface area contributed by atoms with Gasteiger partial charge in [-0.1, -0.05) is 42.0 Å². The molecule has 1 aromatic rings. The zero-order valence-corrected chi connectivity index (χ0v) is 13.7. The van der Waals surface area contributed by atoms with Gasteiger partial charge >= 0.3 is 5.97 Å². The van der Waals surface area contributed by atoms with E-state index < -0.39 is 5.97 Å².